The molecule has 130 valence electrons. The van der Waals surface area contributed by atoms with Gasteiger partial charge >= 0.3 is 0 Å². The lowest BCUT2D eigenvalue weighted by atomic mass is 10.3. The van der Waals surface area contributed by atoms with Gasteiger partial charge in [-0.15, -0.1) is 0 Å². The highest BCUT2D eigenvalue weighted by Crippen LogP contribution is 2.18. The van der Waals surface area contributed by atoms with Crippen LogP contribution in [0.15, 0.2) is 65.6 Å². The van der Waals surface area contributed by atoms with Crippen LogP contribution in [0.1, 0.15) is 5.69 Å². The molecular weight excluding hydrogens is 332 g/mol. The quantitative estimate of drug-likeness (QED) is 0.600. The van der Waals surface area contributed by atoms with E-state index in [-0.39, 0.29) is 12.2 Å². The van der Waals surface area contributed by atoms with E-state index in [1.807, 2.05) is 30.3 Å². The van der Waals surface area contributed by atoms with Crippen molar-refractivity contribution >= 4 is 5.65 Å². The average molecular weight is 348 g/mol. The molecule has 0 radical (unpaired) electrons. The fraction of sp³-hybridized carbons (Fsp3) is 0.105. The Balaban J connectivity index is 1.59. The summed E-state index contributed by atoms with van der Waals surface area (Å²) in [6.45, 7) is 0.197. The van der Waals surface area contributed by atoms with Gasteiger partial charge in [0.25, 0.3) is 5.56 Å². The monoisotopic (exact) mass is 348 g/mol. The van der Waals surface area contributed by atoms with Crippen LogP contribution in [-0.2, 0) is 6.61 Å². The summed E-state index contributed by atoms with van der Waals surface area (Å²) in [5.74, 6) is 1.43. The Labute approximate surface area is 148 Å². The molecule has 0 amide bonds. The van der Waals surface area contributed by atoms with Gasteiger partial charge in [-0.05, 0) is 36.4 Å². The lowest BCUT2D eigenvalue weighted by Crippen LogP contribution is -2.16. The van der Waals surface area contributed by atoms with Crippen molar-refractivity contribution in [2.75, 3.05) is 7.11 Å². The van der Waals surface area contributed by atoms with E-state index < -0.39 is 0 Å². The van der Waals surface area contributed by atoms with Crippen LogP contribution in [0.3, 0.4) is 0 Å². The Bertz CT molecular complexity index is 1090. The Morgan fingerprint density at radius 2 is 1.88 bits per heavy atom. The molecular formula is C19H16N4O3. The third kappa shape index (κ3) is 3.14. The molecule has 26 heavy (non-hydrogen) atoms. The molecule has 3 aromatic heterocycles. The molecule has 0 unspecified atom stereocenters. The molecule has 4 rings (SSSR count). The van der Waals surface area contributed by atoms with E-state index in [0.29, 0.717) is 17.1 Å². The van der Waals surface area contributed by atoms with E-state index in [1.54, 1.807) is 31.5 Å². The topological polar surface area (TPSA) is 81.5 Å². The first-order valence-corrected chi connectivity index (χ1v) is 8.03. The number of pyridine rings is 1. The number of H-pyrrole nitrogens is 1. The van der Waals surface area contributed by atoms with Crippen LogP contribution in [0.2, 0.25) is 0 Å². The number of rotatable bonds is 5. The number of hydrogen-bond acceptors (Lipinski definition) is 5. The molecule has 0 fully saturated rings. The number of hydrogen-bond donors (Lipinski definition) is 1. The molecule has 7 heteroatoms. The van der Waals surface area contributed by atoms with Gasteiger partial charge in [0.2, 0.25) is 0 Å². The third-order valence-electron chi connectivity index (χ3n) is 3.89. The van der Waals surface area contributed by atoms with Crippen molar-refractivity contribution in [1.82, 2.24) is 19.6 Å². The van der Waals surface area contributed by atoms with Crippen molar-refractivity contribution in [2.45, 2.75) is 6.61 Å². The minimum Gasteiger partial charge on any atom is -0.497 e. The normalized spacial score (nSPS) is 10.8. The minimum absolute atomic E-state index is 0.197. The standard InChI is InChI=1S/C19H16N4O3/c1-25-14-5-7-15(8-6-14)26-12-13-10-19(24)23-18(21-13)11-17(22-23)16-4-2-3-9-20-16/h2-11,22H,12H2,1H3. The van der Waals surface area contributed by atoms with E-state index in [9.17, 15) is 4.79 Å². The Morgan fingerprint density at radius 1 is 1.08 bits per heavy atom. The zero-order valence-electron chi connectivity index (χ0n) is 14.0. The van der Waals surface area contributed by atoms with Gasteiger partial charge in [-0.3, -0.25) is 14.9 Å². The largest absolute Gasteiger partial charge is 0.497 e. The SMILES string of the molecule is COc1ccc(OCc2cc(=O)n3[nH]c(-c4ccccn4)cc3n2)cc1. The number of nitrogens with zero attached hydrogens (tertiary/aromatic N) is 3. The Kier molecular flexibility index (Phi) is 4.10. The molecule has 0 aliphatic rings. The molecule has 0 aliphatic carbocycles. The van der Waals surface area contributed by atoms with Crippen LogP contribution in [0.4, 0.5) is 0 Å². The number of nitrogens with one attached hydrogen (secondary N) is 1. The first-order chi connectivity index (χ1) is 12.7. The van der Waals surface area contributed by atoms with Crippen LogP contribution >= 0.6 is 0 Å². The lowest BCUT2D eigenvalue weighted by Gasteiger charge is -2.06. The molecule has 4 aromatic rings. The van der Waals surface area contributed by atoms with Gasteiger partial charge in [0.05, 0.1) is 24.2 Å². The van der Waals surface area contributed by atoms with Gasteiger partial charge in [-0.2, -0.15) is 0 Å². The van der Waals surface area contributed by atoms with Crippen LogP contribution in [0.5, 0.6) is 11.5 Å². The lowest BCUT2D eigenvalue weighted by molar-refractivity contribution is 0.300. The number of aromatic amines is 1. The fourth-order valence-electron chi connectivity index (χ4n) is 2.60. The number of benzene rings is 1. The summed E-state index contributed by atoms with van der Waals surface area (Å²) in [4.78, 5) is 21.1. The predicted octanol–water partition coefficient (Wildman–Crippen LogP) is 2.67. The number of ether oxygens (including phenoxy) is 2. The fourth-order valence-corrected chi connectivity index (χ4v) is 2.60. The van der Waals surface area contributed by atoms with E-state index in [4.69, 9.17) is 9.47 Å². The Morgan fingerprint density at radius 3 is 2.62 bits per heavy atom. The average Bonchev–Trinajstić information content (AvgIpc) is 3.12. The molecule has 0 atom stereocenters. The second-order valence-electron chi connectivity index (χ2n) is 5.63. The maximum absolute atomic E-state index is 12.3. The molecule has 0 spiro atoms. The summed E-state index contributed by atoms with van der Waals surface area (Å²) in [7, 11) is 1.61. The third-order valence-corrected chi connectivity index (χ3v) is 3.89. The summed E-state index contributed by atoms with van der Waals surface area (Å²) in [6, 6.07) is 16.1. The highest BCUT2D eigenvalue weighted by Gasteiger charge is 2.09. The summed E-state index contributed by atoms with van der Waals surface area (Å²) in [6.07, 6.45) is 1.70. The van der Waals surface area contributed by atoms with Crippen molar-refractivity contribution in [2.24, 2.45) is 0 Å². The van der Waals surface area contributed by atoms with Gasteiger partial charge in [0, 0.05) is 18.3 Å². The van der Waals surface area contributed by atoms with Gasteiger partial charge in [-0.25, -0.2) is 9.50 Å². The zero-order chi connectivity index (χ0) is 17.9. The molecule has 1 N–H and O–H groups in total. The molecule has 0 saturated heterocycles. The molecule has 0 bridgehead atoms. The van der Waals surface area contributed by atoms with Gasteiger partial charge in [0.15, 0.2) is 5.65 Å². The number of fused-ring (bicyclic) bond motifs is 1. The highest BCUT2D eigenvalue weighted by atomic mass is 16.5. The van der Waals surface area contributed by atoms with Gasteiger partial charge in [-0.1, -0.05) is 6.07 Å². The molecule has 0 saturated carbocycles. The second-order valence-corrected chi connectivity index (χ2v) is 5.63. The summed E-state index contributed by atoms with van der Waals surface area (Å²) in [5.41, 5.74) is 2.34. The summed E-state index contributed by atoms with van der Waals surface area (Å²) >= 11 is 0. The molecule has 7 nitrogen and oxygen atoms in total. The highest BCUT2D eigenvalue weighted by molar-refractivity contribution is 5.60. The van der Waals surface area contributed by atoms with Crippen LogP contribution in [0, 0.1) is 0 Å². The van der Waals surface area contributed by atoms with Crippen molar-refractivity contribution in [3.63, 3.8) is 0 Å². The molecule has 3 heterocycles. The summed E-state index contributed by atoms with van der Waals surface area (Å²) < 4.78 is 12.2. The molecule has 0 aliphatic heterocycles. The van der Waals surface area contributed by atoms with Crippen LogP contribution < -0.4 is 15.0 Å². The van der Waals surface area contributed by atoms with E-state index in [0.717, 1.165) is 17.1 Å². The first kappa shape index (κ1) is 15.9. The zero-order valence-corrected chi connectivity index (χ0v) is 14.0. The van der Waals surface area contributed by atoms with Crippen molar-refractivity contribution < 1.29 is 9.47 Å². The van der Waals surface area contributed by atoms with Crippen molar-refractivity contribution in [3.05, 3.63) is 76.8 Å². The van der Waals surface area contributed by atoms with E-state index >= 15 is 0 Å². The van der Waals surface area contributed by atoms with E-state index in [2.05, 4.69) is 15.1 Å². The van der Waals surface area contributed by atoms with Gasteiger partial charge < -0.3 is 9.47 Å². The Hall–Kier alpha value is -3.61. The van der Waals surface area contributed by atoms with Crippen LogP contribution in [0.25, 0.3) is 17.0 Å². The van der Waals surface area contributed by atoms with Crippen molar-refractivity contribution in [3.8, 4) is 22.9 Å². The smallest absolute Gasteiger partial charge is 0.273 e. The van der Waals surface area contributed by atoms with E-state index in [1.165, 1.54) is 10.6 Å². The number of aromatic nitrogens is 4. The number of methoxy groups -OCH3 is 1. The molecule has 1 aromatic carbocycles. The predicted molar refractivity (Wildman–Crippen MR) is 96.4 cm³/mol. The van der Waals surface area contributed by atoms with Gasteiger partial charge in [0.1, 0.15) is 18.1 Å². The first-order valence-electron chi connectivity index (χ1n) is 8.03. The maximum Gasteiger partial charge on any atom is 0.273 e. The minimum atomic E-state index is -0.203. The van der Waals surface area contributed by atoms with Crippen LogP contribution in [-0.4, -0.2) is 26.7 Å². The second kappa shape index (κ2) is 6.72. The summed E-state index contributed by atoms with van der Waals surface area (Å²) in [5, 5.41) is 3.02. The van der Waals surface area contributed by atoms with Crippen molar-refractivity contribution in [1.29, 1.82) is 0 Å². The maximum atomic E-state index is 12.3.